The monoisotopic (exact) mass is 324 g/mol. The minimum Gasteiger partial charge on any atom is -0.383 e. The summed E-state index contributed by atoms with van der Waals surface area (Å²) >= 11 is 6.34. The zero-order valence-electron chi connectivity index (χ0n) is 13.4. The Morgan fingerprint density at radius 1 is 1.41 bits per heavy atom. The fourth-order valence-corrected chi connectivity index (χ4v) is 3.16. The number of nitrogens with zero attached hydrogens (tertiary/aromatic N) is 2. The summed E-state index contributed by atoms with van der Waals surface area (Å²) in [6.07, 6.45) is 4.55. The Labute approximate surface area is 136 Å². The van der Waals surface area contributed by atoms with Crippen molar-refractivity contribution in [2.45, 2.75) is 39.2 Å². The lowest BCUT2D eigenvalue weighted by atomic mass is 9.92. The van der Waals surface area contributed by atoms with Crippen LogP contribution in [0, 0.1) is 12.7 Å². The molecule has 5 heteroatoms. The third-order valence-electron chi connectivity index (χ3n) is 4.11. The van der Waals surface area contributed by atoms with E-state index in [2.05, 4.69) is 16.5 Å². The van der Waals surface area contributed by atoms with Gasteiger partial charge in [-0.05, 0) is 30.2 Å². The normalized spacial score (nSPS) is 14.1. The Morgan fingerprint density at radius 3 is 2.77 bits per heavy atom. The summed E-state index contributed by atoms with van der Waals surface area (Å²) in [6, 6.07) is 3.23. The van der Waals surface area contributed by atoms with Gasteiger partial charge in [-0.15, -0.1) is 0 Å². The molecule has 120 valence electrons. The highest BCUT2D eigenvalue weighted by Crippen LogP contribution is 2.35. The quantitative estimate of drug-likeness (QED) is 0.780. The highest BCUT2D eigenvalue weighted by molar-refractivity contribution is 6.31. The Kier molecular flexibility index (Phi) is 5.59. The Balaban J connectivity index is 2.42. The SMILES string of the molecule is CCc1nccn1C(COC)C(C)c1cc(F)c(C)cc1Cl. The molecule has 0 bridgehead atoms. The Hall–Kier alpha value is -1.39. The topological polar surface area (TPSA) is 27.1 Å². The lowest BCUT2D eigenvalue weighted by molar-refractivity contribution is 0.143. The molecule has 0 aliphatic carbocycles. The number of rotatable bonds is 6. The van der Waals surface area contributed by atoms with Gasteiger partial charge in [-0.25, -0.2) is 9.37 Å². The minimum atomic E-state index is -0.233. The molecule has 2 atom stereocenters. The van der Waals surface area contributed by atoms with Gasteiger partial charge < -0.3 is 9.30 Å². The van der Waals surface area contributed by atoms with Crippen LogP contribution in [0.2, 0.25) is 5.02 Å². The fourth-order valence-electron chi connectivity index (χ4n) is 2.77. The van der Waals surface area contributed by atoms with Crippen LogP contribution in [0.5, 0.6) is 0 Å². The van der Waals surface area contributed by atoms with Crippen LogP contribution in [0.15, 0.2) is 24.5 Å². The molecular weight excluding hydrogens is 303 g/mol. The molecule has 0 amide bonds. The van der Waals surface area contributed by atoms with Crippen molar-refractivity contribution in [3.63, 3.8) is 0 Å². The van der Waals surface area contributed by atoms with E-state index in [1.807, 2.05) is 13.1 Å². The first-order valence-corrected chi connectivity index (χ1v) is 7.83. The first kappa shape index (κ1) is 17.0. The maximum atomic E-state index is 13.9. The summed E-state index contributed by atoms with van der Waals surface area (Å²) in [4.78, 5) is 4.37. The zero-order chi connectivity index (χ0) is 16.3. The van der Waals surface area contributed by atoms with Gasteiger partial charge in [-0.1, -0.05) is 25.4 Å². The van der Waals surface area contributed by atoms with Gasteiger partial charge in [-0.3, -0.25) is 0 Å². The minimum absolute atomic E-state index is 0.00190. The van der Waals surface area contributed by atoms with E-state index in [9.17, 15) is 4.39 Å². The van der Waals surface area contributed by atoms with Crippen molar-refractivity contribution in [3.8, 4) is 0 Å². The van der Waals surface area contributed by atoms with E-state index in [0.29, 0.717) is 17.2 Å². The van der Waals surface area contributed by atoms with Gasteiger partial charge in [0, 0.05) is 36.9 Å². The maximum Gasteiger partial charge on any atom is 0.126 e. The maximum absolute atomic E-state index is 13.9. The van der Waals surface area contributed by atoms with Crippen LogP contribution in [-0.2, 0) is 11.2 Å². The van der Waals surface area contributed by atoms with Crippen molar-refractivity contribution in [2.24, 2.45) is 0 Å². The van der Waals surface area contributed by atoms with E-state index in [-0.39, 0.29) is 17.8 Å². The van der Waals surface area contributed by atoms with Gasteiger partial charge in [0.05, 0.1) is 12.6 Å². The second-order valence-electron chi connectivity index (χ2n) is 5.54. The number of ether oxygens (including phenoxy) is 1. The fraction of sp³-hybridized carbons (Fsp3) is 0.471. The lowest BCUT2D eigenvalue weighted by Gasteiger charge is -2.27. The van der Waals surface area contributed by atoms with Gasteiger partial charge >= 0.3 is 0 Å². The average Bonchev–Trinajstić information content (AvgIpc) is 2.96. The molecule has 22 heavy (non-hydrogen) atoms. The summed E-state index contributed by atoms with van der Waals surface area (Å²) in [6.45, 7) is 6.33. The Morgan fingerprint density at radius 2 is 2.14 bits per heavy atom. The second kappa shape index (κ2) is 7.25. The summed E-state index contributed by atoms with van der Waals surface area (Å²) in [5, 5.41) is 0.589. The summed E-state index contributed by atoms with van der Waals surface area (Å²) in [5.74, 6) is 0.753. The van der Waals surface area contributed by atoms with E-state index in [1.165, 1.54) is 6.07 Å². The largest absolute Gasteiger partial charge is 0.383 e. The number of imidazole rings is 1. The van der Waals surface area contributed by atoms with Gasteiger partial charge in [0.15, 0.2) is 0 Å². The van der Waals surface area contributed by atoms with Crippen LogP contribution in [0.3, 0.4) is 0 Å². The standard InChI is InChI=1S/C17H22ClFN2O/c1-5-17-20-6-7-21(17)16(10-22-4)12(3)13-9-15(19)11(2)8-14(13)18/h6-9,12,16H,5,10H2,1-4H3. The van der Waals surface area contributed by atoms with Crippen LogP contribution in [0.1, 0.15) is 42.8 Å². The van der Waals surface area contributed by atoms with Crippen molar-refractivity contribution >= 4 is 11.6 Å². The second-order valence-corrected chi connectivity index (χ2v) is 5.95. The highest BCUT2D eigenvalue weighted by atomic mass is 35.5. The molecule has 2 aromatic rings. The molecule has 1 aromatic heterocycles. The van der Waals surface area contributed by atoms with E-state index < -0.39 is 0 Å². The van der Waals surface area contributed by atoms with Crippen LogP contribution in [0.4, 0.5) is 4.39 Å². The molecule has 0 saturated heterocycles. The molecule has 2 unspecified atom stereocenters. The average molecular weight is 325 g/mol. The molecule has 0 spiro atoms. The predicted octanol–water partition coefficient (Wildman–Crippen LogP) is 4.54. The van der Waals surface area contributed by atoms with Gasteiger partial charge in [0.1, 0.15) is 11.6 Å². The van der Waals surface area contributed by atoms with E-state index in [0.717, 1.165) is 17.8 Å². The molecule has 0 aliphatic rings. The van der Waals surface area contributed by atoms with Crippen molar-refractivity contribution in [3.05, 3.63) is 52.3 Å². The molecule has 0 fully saturated rings. The van der Waals surface area contributed by atoms with Crippen molar-refractivity contribution in [2.75, 3.05) is 13.7 Å². The van der Waals surface area contributed by atoms with E-state index in [1.54, 1.807) is 26.3 Å². The molecule has 0 saturated carbocycles. The summed E-state index contributed by atoms with van der Waals surface area (Å²) < 4.78 is 21.4. The molecular formula is C17H22ClFN2O. The predicted molar refractivity (Wildman–Crippen MR) is 87.1 cm³/mol. The third kappa shape index (κ3) is 3.33. The molecule has 0 N–H and O–H groups in total. The molecule has 2 rings (SSSR count). The van der Waals surface area contributed by atoms with Crippen LogP contribution in [0.25, 0.3) is 0 Å². The first-order chi connectivity index (χ1) is 10.5. The van der Waals surface area contributed by atoms with E-state index in [4.69, 9.17) is 16.3 Å². The molecule has 0 aliphatic heterocycles. The first-order valence-electron chi connectivity index (χ1n) is 7.45. The number of aromatic nitrogens is 2. The third-order valence-corrected chi connectivity index (χ3v) is 4.43. The van der Waals surface area contributed by atoms with Crippen molar-refractivity contribution in [1.29, 1.82) is 0 Å². The number of benzene rings is 1. The zero-order valence-corrected chi connectivity index (χ0v) is 14.2. The van der Waals surface area contributed by atoms with E-state index >= 15 is 0 Å². The highest BCUT2D eigenvalue weighted by Gasteiger charge is 2.25. The van der Waals surface area contributed by atoms with Gasteiger partial charge in [-0.2, -0.15) is 0 Å². The van der Waals surface area contributed by atoms with Crippen LogP contribution in [-0.4, -0.2) is 23.3 Å². The molecule has 1 heterocycles. The number of halogens is 2. The van der Waals surface area contributed by atoms with Crippen LogP contribution >= 0.6 is 11.6 Å². The Bertz CT molecular complexity index is 642. The van der Waals surface area contributed by atoms with Crippen LogP contribution < -0.4 is 0 Å². The smallest absolute Gasteiger partial charge is 0.126 e. The van der Waals surface area contributed by atoms with Gasteiger partial charge in [0.25, 0.3) is 0 Å². The summed E-state index contributed by atoms with van der Waals surface area (Å²) in [5.41, 5.74) is 1.35. The number of methoxy groups -OCH3 is 1. The molecule has 1 aromatic carbocycles. The molecule has 3 nitrogen and oxygen atoms in total. The van der Waals surface area contributed by atoms with Crippen molar-refractivity contribution in [1.82, 2.24) is 9.55 Å². The number of hydrogen-bond acceptors (Lipinski definition) is 2. The van der Waals surface area contributed by atoms with Crippen molar-refractivity contribution < 1.29 is 9.13 Å². The summed E-state index contributed by atoms with van der Waals surface area (Å²) in [7, 11) is 1.67. The molecule has 0 radical (unpaired) electrons. The lowest BCUT2D eigenvalue weighted by Crippen LogP contribution is -2.22. The number of aryl methyl sites for hydroxylation is 2. The van der Waals surface area contributed by atoms with Gasteiger partial charge in [0.2, 0.25) is 0 Å². The number of hydrogen-bond donors (Lipinski definition) is 0.